The van der Waals surface area contributed by atoms with Gasteiger partial charge >= 0.3 is 0 Å². The zero-order chi connectivity index (χ0) is 20.8. The molecule has 0 atom stereocenters. The van der Waals surface area contributed by atoms with E-state index in [9.17, 15) is 4.79 Å². The van der Waals surface area contributed by atoms with Crippen molar-refractivity contribution in [3.05, 3.63) is 84.2 Å². The Labute approximate surface area is 179 Å². The number of carbonyl (C=O) groups is 1. The molecule has 0 spiro atoms. The Morgan fingerprint density at radius 1 is 1.03 bits per heavy atom. The van der Waals surface area contributed by atoms with Crippen LogP contribution in [0.5, 0.6) is 5.75 Å². The van der Waals surface area contributed by atoms with Gasteiger partial charge in [-0.3, -0.25) is 4.79 Å². The number of carbonyl (C=O) groups excluding carboxylic acids is 1. The molecule has 0 amide bonds. The van der Waals surface area contributed by atoms with Crippen LogP contribution in [0.1, 0.15) is 16.1 Å². The second-order valence-electron chi connectivity index (χ2n) is 6.72. The normalized spacial score (nSPS) is 10.8. The van der Waals surface area contributed by atoms with Gasteiger partial charge < -0.3 is 14.3 Å². The van der Waals surface area contributed by atoms with Gasteiger partial charge in [0.1, 0.15) is 5.75 Å². The van der Waals surface area contributed by atoms with Crippen molar-refractivity contribution in [1.82, 2.24) is 19.7 Å². The van der Waals surface area contributed by atoms with Gasteiger partial charge in [-0.25, -0.2) is 0 Å². The first-order chi connectivity index (χ1) is 14.7. The molecule has 0 aliphatic heterocycles. The second kappa shape index (κ2) is 9.45. The summed E-state index contributed by atoms with van der Waals surface area (Å²) in [5, 5.41) is 9.54. The summed E-state index contributed by atoms with van der Waals surface area (Å²) in [6.07, 6.45) is 2.60. The minimum Gasteiger partial charge on any atom is -0.497 e. The highest BCUT2D eigenvalue weighted by atomic mass is 32.2. The fraction of sp³-hybridized carbons (Fsp3) is 0.174. The smallest absolute Gasteiger partial charge is 0.191 e. The van der Waals surface area contributed by atoms with E-state index in [1.54, 1.807) is 19.4 Å². The summed E-state index contributed by atoms with van der Waals surface area (Å²) in [7, 11) is 1.65. The number of benzene rings is 2. The molecule has 1 N–H and O–H groups in total. The van der Waals surface area contributed by atoms with E-state index in [2.05, 4.69) is 31.9 Å². The minimum absolute atomic E-state index is 0.0357. The SMILES string of the molecule is COc1ccc(-c2nnc(SCC(=O)c3ccc[nH]3)n2CCc2ccccc2)cc1. The van der Waals surface area contributed by atoms with Crippen LogP contribution in [0.15, 0.2) is 78.1 Å². The molecule has 30 heavy (non-hydrogen) atoms. The third-order valence-electron chi connectivity index (χ3n) is 4.76. The molecule has 0 saturated carbocycles. The number of rotatable bonds is 9. The van der Waals surface area contributed by atoms with Crippen molar-refractivity contribution in [3.8, 4) is 17.1 Å². The largest absolute Gasteiger partial charge is 0.497 e. The van der Waals surface area contributed by atoms with Gasteiger partial charge in [-0.1, -0.05) is 42.1 Å². The number of nitrogens with zero attached hydrogens (tertiary/aromatic N) is 3. The van der Waals surface area contributed by atoms with Crippen molar-refractivity contribution in [1.29, 1.82) is 0 Å². The molecular formula is C23H22N4O2S. The number of methoxy groups -OCH3 is 1. The van der Waals surface area contributed by atoms with Crippen molar-refractivity contribution in [2.75, 3.05) is 12.9 Å². The van der Waals surface area contributed by atoms with Crippen LogP contribution in [0.3, 0.4) is 0 Å². The Hall–Kier alpha value is -3.32. The van der Waals surface area contributed by atoms with Gasteiger partial charge in [0, 0.05) is 18.3 Å². The lowest BCUT2D eigenvalue weighted by Crippen LogP contribution is -2.08. The maximum Gasteiger partial charge on any atom is 0.191 e. The molecule has 2 aromatic heterocycles. The summed E-state index contributed by atoms with van der Waals surface area (Å²) in [5.41, 5.74) is 2.80. The van der Waals surface area contributed by atoms with Crippen molar-refractivity contribution >= 4 is 17.5 Å². The number of thioether (sulfide) groups is 1. The summed E-state index contributed by atoms with van der Waals surface area (Å²) in [5.74, 6) is 1.91. The van der Waals surface area contributed by atoms with E-state index in [4.69, 9.17) is 4.74 Å². The Kier molecular flexibility index (Phi) is 6.29. The van der Waals surface area contributed by atoms with Crippen LogP contribution in [0.2, 0.25) is 0 Å². The molecule has 7 heteroatoms. The first-order valence-corrected chi connectivity index (χ1v) is 10.6. The molecule has 2 heterocycles. The third-order valence-corrected chi connectivity index (χ3v) is 5.73. The maximum atomic E-state index is 12.4. The van der Waals surface area contributed by atoms with Crippen molar-refractivity contribution < 1.29 is 9.53 Å². The van der Waals surface area contributed by atoms with Gasteiger partial charge in [0.05, 0.1) is 18.6 Å². The van der Waals surface area contributed by atoms with E-state index in [0.717, 1.165) is 35.3 Å². The lowest BCUT2D eigenvalue weighted by molar-refractivity contribution is 0.101. The number of nitrogens with one attached hydrogen (secondary N) is 1. The Morgan fingerprint density at radius 2 is 1.83 bits per heavy atom. The molecular weight excluding hydrogens is 396 g/mol. The van der Waals surface area contributed by atoms with Gasteiger partial charge in [-0.2, -0.15) is 0 Å². The average molecular weight is 419 g/mol. The Balaban J connectivity index is 1.58. The van der Waals surface area contributed by atoms with Crippen LogP contribution in [0.25, 0.3) is 11.4 Å². The van der Waals surface area contributed by atoms with Crippen LogP contribution in [-0.4, -0.2) is 38.4 Å². The van der Waals surface area contributed by atoms with Gasteiger partial charge in [-0.15, -0.1) is 10.2 Å². The van der Waals surface area contributed by atoms with Crippen molar-refractivity contribution in [3.63, 3.8) is 0 Å². The quantitative estimate of drug-likeness (QED) is 0.320. The predicted molar refractivity (Wildman–Crippen MR) is 118 cm³/mol. The maximum absolute atomic E-state index is 12.4. The summed E-state index contributed by atoms with van der Waals surface area (Å²) in [6.45, 7) is 0.720. The first-order valence-electron chi connectivity index (χ1n) is 9.65. The number of Topliss-reactive ketones (excluding diaryl/α,β-unsaturated/α-hetero) is 1. The van der Waals surface area contributed by atoms with Gasteiger partial charge in [0.15, 0.2) is 16.8 Å². The van der Waals surface area contributed by atoms with Gasteiger partial charge in [0.2, 0.25) is 0 Å². The Bertz CT molecular complexity index is 1090. The highest BCUT2D eigenvalue weighted by molar-refractivity contribution is 7.99. The minimum atomic E-state index is 0.0357. The lowest BCUT2D eigenvalue weighted by Gasteiger charge is -2.11. The number of ether oxygens (including phenoxy) is 1. The van der Waals surface area contributed by atoms with E-state index < -0.39 is 0 Å². The van der Waals surface area contributed by atoms with E-state index in [0.29, 0.717) is 11.4 Å². The standard InChI is InChI=1S/C23H22N4O2S/c1-29-19-11-9-18(10-12-19)22-25-26-23(30-16-21(28)20-8-5-14-24-20)27(22)15-13-17-6-3-2-4-7-17/h2-12,14,24H,13,15-16H2,1H3. The number of H-pyrrole nitrogens is 1. The van der Waals surface area contributed by atoms with Crippen LogP contribution in [0, 0.1) is 0 Å². The first kappa shape index (κ1) is 20.0. The summed E-state index contributed by atoms with van der Waals surface area (Å²) in [4.78, 5) is 15.4. The highest BCUT2D eigenvalue weighted by Gasteiger charge is 2.17. The molecule has 4 rings (SSSR count). The zero-order valence-corrected chi connectivity index (χ0v) is 17.4. The highest BCUT2D eigenvalue weighted by Crippen LogP contribution is 2.26. The molecule has 152 valence electrons. The van der Waals surface area contributed by atoms with Gasteiger partial charge in [-0.05, 0) is 48.4 Å². The predicted octanol–water partition coefficient (Wildman–Crippen LogP) is 4.50. The Morgan fingerprint density at radius 3 is 2.53 bits per heavy atom. The molecule has 4 aromatic rings. The van der Waals surface area contributed by atoms with E-state index >= 15 is 0 Å². The van der Waals surface area contributed by atoms with Crippen LogP contribution in [0.4, 0.5) is 0 Å². The van der Waals surface area contributed by atoms with E-state index in [1.807, 2.05) is 48.5 Å². The molecule has 0 radical (unpaired) electrons. The molecule has 6 nitrogen and oxygen atoms in total. The number of ketones is 1. The van der Waals surface area contributed by atoms with Crippen molar-refractivity contribution in [2.24, 2.45) is 0 Å². The van der Waals surface area contributed by atoms with Gasteiger partial charge in [0.25, 0.3) is 0 Å². The molecule has 0 fully saturated rings. The number of hydrogen-bond donors (Lipinski definition) is 1. The van der Waals surface area contributed by atoms with E-state index in [-0.39, 0.29) is 5.78 Å². The molecule has 0 unspecified atom stereocenters. The summed E-state index contributed by atoms with van der Waals surface area (Å²) in [6, 6.07) is 21.7. The molecule has 0 aliphatic rings. The molecule has 0 saturated heterocycles. The number of aryl methyl sites for hydroxylation is 1. The summed E-state index contributed by atoms with van der Waals surface area (Å²) >= 11 is 1.41. The molecule has 2 aromatic carbocycles. The number of aromatic amines is 1. The lowest BCUT2D eigenvalue weighted by atomic mass is 10.1. The zero-order valence-electron chi connectivity index (χ0n) is 16.6. The van der Waals surface area contributed by atoms with Crippen LogP contribution in [-0.2, 0) is 13.0 Å². The third kappa shape index (κ3) is 4.63. The van der Waals surface area contributed by atoms with Crippen LogP contribution >= 0.6 is 11.8 Å². The topological polar surface area (TPSA) is 72.8 Å². The fourth-order valence-corrected chi connectivity index (χ4v) is 4.00. The second-order valence-corrected chi connectivity index (χ2v) is 7.66. The van der Waals surface area contributed by atoms with Crippen molar-refractivity contribution in [2.45, 2.75) is 18.1 Å². The summed E-state index contributed by atoms with van der Waals surface area (Å²) < 4.78 is 7.34. The van der Waals surface area contributed by atoms with E-state index in [1.165, 1.54) is 17.3 Å². The molecule has 0 aliphatic carbocycles. The monoisotopic (exact) mass is 418 g/mol. The number of aromatic nitrogens is 4. The molecule has 0 bridgehead atoms. The van der Waals surface area contributed by atoms with Crippen LogP contribution < -0.4 is 4.74 Å². The fourth-order valence-electron chi connectivity index (χ4n) is 3.15. The average Bonchev–Trinajstić information content (AvgIpc) is 3.47. The number of hydrogen-bond acceptors (Lipinski definition) is 5.